The van der Waals surface area contributed by atoms with Crippen molar-refractivity contribution in [2.45, 2.75) is 52.3 Å². The van der Waals surface area contributed by atoms with Crippen molar-refractivity contribution < 1.29 is 9.52 Å². The average molecular weight is 281 g/mol. The summed E-state index contributed by atoms with van der Waals surface area (Å²) in [6.45, 7) is 12.8. The molecule has 1 N–H and O–H groups in total. The van der Waals surface area contributed by atoms with Crippen molar-refractivity contribution in [1.82, 2.24) is 14.8 Å². The zero-order chi connectivity index (χ0) is 14.7. The highest BCUT2D eigenvalue weighted by Crippen LogP contribution is 2.17. The van der Waals surface area contributed by atoms with E-state index in [1.165, 1.54) is 0 Å². The van der Waals surface area contributed by atoms with Crippen LogP contribution in [0.15, 0.2) is 10.6 Å². The number of hydrogen-bond acceptors (Lipinski definition) is 5. The fraction of sp³-hybridized carbons (Fsp3) is 0.800. The van der Waals surface area contributed by atoms with Crippen molar-refractivity contribution in [3.05, 3.63) is 17.8 Å². The summed E-state index contributed by atoms with van der Waals surface area (Å²) in [5, 5.41) is 9.50. The van der Waals surface area contributed by atoms with E-state index in [2.05, 4.69) is 35.6 Å². The minimum absolute atomic E-state index is 0.260. The SMILES string of the molecule is CC(O)CN1CCN(Cc2ncc(C(C)C)o2)CC1C. The first kappa shape index (κ1) is 15.5. The van der Waals surface area contributed by atoms with E-state index in [1.54, 1.807) is 0 Å². The van der Waals surface area contributed by atoms with Gasteiger partial charge in [-0.25, -0.2) is 4.98 Å². The molecule has 0 aromatic carbocycles. The molecule has 0 bridgehead atoms. The molecule has 0 amide bonds. The maximum Gasteiger partial charge on any atom is 0.208 e. The highest BCUT2D eigenvalue weighted by atomic mass is 16.4. The fourth-order valence-electron chi connectivity index (χ4n) is 2.68. The minimum atomic E-state index is -0.260. The lowest BCUT2D eigenvalue weighted by molar-refractivity contribution is 0.0391. The molecule has 5 heteroatoms. The molecule has 1 aromatic rings. The molecular weight excluding hydrogens is 254 g/mol. The van der Waals surface area contributed by atoms with E-state index in [0.717, 1.165) is 44.4 Å². The van der Waals surface area contributed by atoms with Crippen LogP contribution in [0.2, 0.25) is 0 Å². The number of aliphatic hydroxyl groups excluding tert-OH is 1. The number of rotatable bonds is 5. The van der Waals surface area contributed by atoms with Crippen LogP contribution in [0.5, 0.6) is 0 Å². The smallest absolute Gasteiger partial charge is 0.208 e. The molecule has 5 nitrogen and oxygen atoms in total. The molecule has 20 heavy (non-hydrogen) atoms. The van der Waals surface area contributed by atoms with Crippen LogP contribution in [0.3, 0.4) is 0 Å². The summed E-state index contributed by atoms with van der Waals surface area (Å²) < 4.78 is 5.77. The van der Waals surface area contributed by atoms with Crippen molar-refractivity contribution >= 4 is 0 Å². The van der Waals surface area contributed by atoms with Crippen LogP contribution in [-0.4, -0.2) is 58.2 Å². The molecule has 114 valence electrons. The van der Waals surface area contributed by atoms with Gasteiger partial charge in [-0.2, -0.15) is 0 Å². The Morgan fingerprint density at radius 1 is 1.40 bits per heavy atom. The van der Waals surface area contributed by atoms with Crippen LogP contribution in [0.1, 0.15) is 45.3 Å². The zero-order valence-electron chi connectivity index (χ0n) is 13.0. The monoisotopic (exact) mass is 281 g/mol. The van der Waals surface area contributed by atoms with Gasteiger partial charge in [0, 0.05) is 38.1 Å². The predicted octanol–water partition coefficient (Wildman–Crippen LogP) is 1.68. The Balaban J connectivity index is 1.86. The van der Waals surface area contributed by atoms with Crippen LogP contribution in [0.4, 0.5) is 0 Å². The number of hydrogen-bond donors (Lipinski definition) is 1. The third kappa shape index (κ3) is 4.04. The van der Waals surface area contributed by atoms with Crippen LogP contribution in [0, 0.1) is 0 Å². The second-order valence-electron chi connectivity index (χ2n) is 6.24. The lowest BCUT2D eigenvalue weighted by atomic mass is 10.1. The molecule has 0 aliphatic carbocycles. The van der Waals surface area contributed by atoms with Gasteiger partial charge in [0.15, 0.2) is 0 Å². The molecule has 2 unspecified atom stereocenters. The maximum atomic E-state index is 9.50. The summed E-state index contributed by atoms with van der Waals surface area (Å²) in [6.07, 6.45) is 1.58. The Labute approximate surface area is 121 Å². The standard InChI is InChI=1S/C15H27N3O2/c1-11(2)14-7-16-15(20-14)10-17-5-6-18(9-13(4)19)12(3)8-17/h7,11-13,19H,5-6,8-10H2,1-4H3. The lowest BCUT2D eigenvalue weighted by Crippen LogP contribution is -2.53. The van der Waals surface area contributed by atoms with Crippen LogP contribution < -0.4 is 0 Å². The van der Waals surface area contributed by atoms with Crippen LogP contribution in [0.25, 0.3) is 0 Å². The molecule has 0 spiro atoms. The largest absolute Gasteiger partial charge is 0.444 e. The second kappa shape index (κ2) is 6.70. The molecule has 0 saturated carbocycles. The normalized spacial score (nSPS) is 23.4. The summed E-state index contributed by atoms with van der Waals surface area (Å²) in [5.41, 5.74) is 0. The summed E-state index contributed by atoms with van der Waals surface area (Å²) >= 11 is 0. The lowest BCUT2D eigenvalue weighted by Gasteiger charge is -2.39. The summed E-state index contributed by atoms with van der Waals surface area (Å²) in [4.78, 5) is 9.08. The van der Waals surface area contributed by atoms with E-state index < -0.39 is 0 Å². The molecular formula is C15H27N3O2. The van der Waals surface area contributed by atoms with Gasteiger partial charge in [0.1, 0.15) is 5.76 Å². The number of oxazole rings is 1. The Morgan fingerprint density at radius 3 is 2.70 bits per heavy atom. The molecule has 1 fully saturated rings. The Morgan fingerprint density at radius 2 is 2.15 bits per heavy atom. The van der Waals surface area contributed by atoms with Gasteiger partial charge >= 0.3 is 0 Å². The van der Waals surface area contributed by atoms with E-state index >= 15 is 0 Å². The first-order valence-corrected chi connectivity index (χ1v) is 7.54. The van der Waals surface area contributed by atoms with E-state index in [9.17, 15) is 5.11 Å². The van der Waals surface area contributed by atoms with Crippen molar-refractivity contribution in [3.63, 3.8) is 0 Å². The first-order chi connectivity index (χ1) is 9.45. The van der Waals surface area contributed by atoms with Crippen LogP contribution in [-0.2, 0) is 6.54 Å². The Bertz CT molecular complexity index is 417. The topological polar surface area (TPSA) is 52.7 Å². The second-order valence-corrected chi connectivity index (χ2v) is 6.24. The number of aliphatic hydroxyl groups is 1. The van der Waals surface area contributed by atoms with Crippen LogP contribution >= 0.6 is 0 Å². The fourth-order valence-corrected chi connectivity index (χ4v) is 2.68. The summed E-state index contributed by atoms with van der Waals surface area (Å²) in [6, 6.07) is 0.456. The van der Waals surface area contributed by atoms with Gasteiger partial charge in [0.2, 0.25) is 5.89 Å². The molecule has 0 radical (unpaired) electrons. The van der Waals surface area contributed by atoms with Gasteiger partial charge in [-0.05, 0) is 13.8 Å². The van der Waals surface area contributed by atoms with Gasteiger partial charge in [0.25, 0.3) is 0 Å². The van der Waals surface area contributed by atoms with E-state index in [0.29, 0.717) is 12.0 Å². The average Bonchev–Trinajstić information content (AvgIpc) is 2.81. The Hall–Kier alpha value is -0.910. The van der Waals surface area contributed by atoms with E-state index in [-0.39, 0.29) is 6.10 Å². The van der Waals surface area contributed by atoms with E-state index in [4.69, 9.17) is 4.42 Å². The van der Waals surface area contributed by atoms with Crippen molar-refractivity contribution in [2.75, 3.05) is 26.2 Å². The molecule has 1 aliphatic rings. The molecule has 2 heterocycles. The van der Waals surface area contributed by atoms with Crippen molar-refractivity contribution in [1.29, 1.82) is 0 Å². The number of aromatic nitrogens is 1. The van der Waals surface area contributed by atoms with Gasteiger partial charge < -0.3 is 9.52 Å². The summed E-state index contributed by atoms with van der Waals surface area (Å²) in [5.74, 6) is 2.16. The number of piperazine rings is 1. The maximum absolute atomic E-state index is 9.50. The van der Waals surface area contributed by atoms with Gasteiger partial charge in [-0.15, -0.1) is 0 Å². The zero-order valence-corrected chi connectivity index (χ0v) is 13.0. The number of nitrogens with zero attached hydrogens (tertiary/aromatic N) is 3. The first-order valence-electron chi connectivity index (χ1n) is 7.54. The van der Waals surface area contributed by atoms with Crippen molar-refractivity contribution in [2.24, 2.45) is 0 Å². The molecule has 2 rings (SSSR count). The predicted molar refractivity (Wildman–Crippen MR) is 78.6 cm³/mol. The molecule has 1 aliphatic heterocycles. The molecule has 2 atom stereocenters. The third-order valence-electron chi connectivity index (χ3n) is 3.85. The van der Waals surface area contributed by atoms with Crippen molar-refractivity contribution in [3.8, 4) is 0 Å². The van der Waals surface area contributed by atoms with Gasteiger partial charge in [-0.1, -0.05) is 13.8 Å². The quantitative estimate of drug-likeness (QED) is 0.890. The Kier molecular flexibility index (Phi) is 5.18. The molecule has 1 saturated heterocycles. The molecule has 1 aromatic heterocycles. The van der Waals surface area contributed by atoms with Gasteiger partial charge in [-0.3, -0.25) is 9.80 Å². The summed E-state index contributed by atoms with van der Waals surface area (Å²) in [7, 11) is 0. The highest BCUT2D eigenvalue weighted by molar-refractivity contribution is 4.99. The minimum Gasteiger partial charge on any atom is -0.444 e. The third-order valence-corrected chi connectivity index (χ3v) is 3.85. The number of β-amino-alcohol motifs (C(OH)–C–C–N with tert-alkyl or cyclic N) is 1. The van der Waals surface area contributed by atoms with E-state index in [1.807, 2.05) is 13.1 Å². The van der Waals surface area contributed by atoms with Gasteiger partial charge in [0.05, 0.1) is 18.8 Å². The highest BCUT2D eigenvalue weighted by Gasteiger charge is 2.25.